The third kappa shape index (κ3) is 4.27. The Hall–Kier alpha value is -0.610. The second-order valence-corrected chi connectivity index (χ2v) is 8.14. The molecule has 4 nitrogen and oxygen atoms in total. The Morgan fingerprint density at radius 2 is 1.91 bits per heavy atom. The Morgan fingerprint density at radius 3 is 2.52 bits per heavy atom. The zero-order valence-corrected chi connectivity index (χ0v) is 14.9. The van der Waals surface area contributed by atoms with Gasteiger partial charge in [0.15, 0.2) is 0 Å². The van der Waals surface area contributed by atoms with Gasteiger partial charge < -0.3 is 10.1 Å². The van der Waals surface area contributed by atoms with E-state index in [-0.39, 0.29) is 11.9 Å². The first kappa shape index (κ1) is 17.2. The van der Waals surface area contributed by atoms with Crippen molar-refractivity contribution in [3.8, 4) is 0 Å². The molecular formula is C19H34N2O2. The lowest BCUT2D eigenvalue weighted by atomic mass is 9.78. The third-order valence-corrected chi connectivity index (χ3v) is 6.48. The molecule has 3 fully saturated rings. The second kappa shape index (κ2) is 7.98. The summed E-state index contributed by atoms with van der Waals surface area (Å²) in [6.07, 6.45) is 10.5. The molecule has 1 aliphatic heterocycles. The lowest BCUT2D eigenvalue weighted by Crippen LogP contribution is -2.58. The van der Waals surface area contributed by atoms with Crippen LogP contribution in [0.5, 0.6) is 0 Å². The predicted molar refractivity (Wildman–Crippen MR) is 92.2 cm³/mol. The number of piperidine rings is 1. The van der Waals surface area contributed by atoms with Crippen molar-refractivity contribution < 1.29 is 9.53 Å². The van der Waals surface area contributed by atoms with Gasteiger partial charge in [-0.15, -0.1) is 0 Å². The zero-order valence-electron chi connectivity index (χ0n) is 14.9. The number of carbonyl (C=O) groups excluding carboxylic acids is 1. The van der Waals surface area contributed by atoms with Crippen molar-refractivity contribution >= 4 is 5.97 Å². The van der Waals surface area contributed by atoms with Gasteiger partial charge in [0.05, 0.1) is 13.0 Å². The van der Waals surface area contributed by atoms with Crippen LogP contribution < -0.4 is 5.32 Å². The Kier molecular flexibility index (Phi) is 5.97. The van der Waals surface area contributed by atoms with Crippen molar-refractivity contribution in [3.05, 3.63) is 0 Å². The number of methoxy groups -OCH3 is 1. The summed E-state index contributed by atoms with van der Waals surface area (Å²) in [5.41, 5.74) is 0. The molecule has 0 aromatic rings. The standard InChI is InChI=1S/C19H34N2O2/c1-14-8-9-18(14)21-12-16(19(22)23-2)10-17(13-21)20-11-15-6-4-3-5-7-15/h14-18,20H,3-13H2,1-2H3. The van der Waals surface area contributed by atoms with Crippen LogP contribution in [0.25, 0.3) is 0 Å². The van der Waals surface area contributed by atoms with E-state index >= 15 is 0 Å². The van der Waals surface area contributed by atoms with Crippen molar-refractivity contribution in [2.24, 2.45) is 17.8 Å². The largest absolute Gasteiger partial charge is 0.469 e. The fraction of sp³-hybridized carbons (Fsp3) is 0.947. The topological polar surface area (TPSA) is 41.6 Å². The number of hydrogen-bond acceptors (Lipinski definition) is 4. The average Bonchev–Trinajstić information content (AvgIpc) is 2.58. The number of nitrogens with zero attached hydrogens (tertiary/aromatic N) is 1. The van der Waals surface area contributed by atoms with E-state index in [9.17, 15) is 4.79 Å². The fourth-order valence-electron chi connectivity index (χ4n) is 4.81. The first-order valence-corrected chi connectivity index (χ1v) is 9.72. The lowest BCUT2D eigenvalue weighted by molar-refractivity contribution is -0.148. The highest BCUT2D eigenvalue weighted by molar-refractivity contribution is 5.72. The molecule has 132 valence electrons. The van der Waals surface area contributed by atoms with E-state index in [2.05, 4.69) is 17.1 Å². The zero-order chi connectivity index (χ0) is 16.2. The monoisotopic (exact) mass is 322 g/mol. The molecule has 4 unspecified atom stereocenters. The van der Waals surface area contributed by atoms with Crippen LogP contribution >= 0.6 is 0 Å². The number of likely N-dealkylation sites (tertiary alicyclic amines) is 1. The number of ether oxygens (including phenoxy) is 1. The number of esters is 1. The predicted octanol–water partition coefficient (Wildman–Crippen LogP) is 2.82. The van der Waals surface area contributed by atoms with Gasteiger partial charge in [0.25, 0.3) is 0 Å². The maximum atomic E-state index is 12.1. The van der Waals surface area contributed by atoms with Gasteiger partial charge in [0.1, 0.15) is 0 Å². The molecule has 4 heteroatoms. The maximum Gasteiger partial charge on any atom is 0.310 e. The molecular weight excluding hydrogens is 288 g/mol. The molecule has 1 N–H and O–H groups in total. The van der Waals surface area contributed by atoms with E-state index in [1.54, 1.807) is 0 Å². The summed E-state index contributed by atoms with van der Waals surface area (Å²) in [5.74, 6) is 1.65. The Bertz CT molecular complexity index is 395. The molecule has 1 heterocycles. The van der Waals surface area contributed by atoms with E-state index in [1.165, 1.54) is 52.1 Å². The quantitative estimate of drug-likeness (QED) is 0.790. The summed E-state index contributed by atoms with van der Waals surface area (Å²) in [7, 11) is 1.53. The molecule has 0 amide bonds. The van der Waals surface area contributed by atoms with Crippen molar-refractivity contribution in [2.45, 2.75) is 70.4 Å². The summed E-state index contributed by atoms with van der Waals surface area (Å²) in [5, 5.41) is 3.80. The molecule has 0 aromatic carbocycles. The van der Waals surface area contributed by atoms with E-state index in [0.717, 1.165) is 37.9 Å². The van der Waals surface area contributed by atoms with Crippen LogP contribution in [0.4, 0.5) is 0 Å². The van der Waals surface area contributed by atoms with Gasteiger partial charge in [-0.05, 0) is 50.5 Å². The molecule has 2 aliphatic carbocycles. The van der Waals surface area contributed by atoms with Gasteiger partial charge in [-0.1, -0.05) is 26.2 Å². The molecule has 4 atom stereocenters. The smallest absolute Gasteiger partial charge is 0.310 e. The van der Waals surface area contributed by atoms with Crippen LogP contribution in [0.1, 0.15) is 58.3 Å². The van der Waals surface area contributed by atoms with Crippen LogP contribution in [0, 0.1) is 17.8 Å². The third-order valence-electron chi connectivity index (χ3n) is 6.48. The number of hydrogen-bond donors (Lipinski definition) is 1. The van der Waals surface area contributed by atoms with Crippen LogP contribution in [0.3, 0.4) is 0 Å². The summed E-state index contributed by atoms with van der Waals surface area (Å²) in [6, 6.07) is 1.13. The van der Waals surface area contributed by atoms with Gasteiger partial charge in [0.2, 0.25) is 0 Å². The highest BCUT2D eigenvalue weighted by Crippen LogP contribution is 2.34. The molecule has 0 radical (unpaired) electrons. The highest BCUT2D eigenvalue weighted by atomic mass is 16.5. The molecule has 23 heavy (non-hydrogen) atoms. The molecule has 3 aliphatic rings. The fourth-order valence-corrected chi connectivity index (χ4v) is 4.81. The van der Waals surface area contributed by atoms with Crippen LogP contribution in [0.2, 0.25) is 0 Å². The van der Waals surface area contributed by atoms with Crippen molar-refractivity contribution in [1.82, 2.24) is 10.2 Å². The van der Waals surface area contributed by atoms with Crippen molar-refractivity contribution in [3.63, 3.8) is 0 Å². The Balaban J connectivity index is 1.55. The normalized spacial score (nSPS) is 36.4. The summed E-state index contributed by atoms with van der Waals surface area (Å²) in [6.45, 7) is 5.48. The summed E-state index contributed by atoms with van der Waals surface area (Å²) >= 11 is 0. The highest BCUT2D eigenvalue weighted by Gasteiger charge is 2.39. The molecule has 0 spiro atoms. The molecule has 3 rings (SSSR count). The first-order chi connectivity index (χ1) is 11.2. The molecule has 2 saturated carbocycles. The van der Waals surface area contributed by atoms with E-state index in [0.29, 0.717) is 12.1 Å². The minimum absolute atomic E-state index is 0.0221. The van der Waals surface area contributed by atoms with Crippen LogP contribution in [-0.2, 0) is 9.53 Å². The Morgan fingerprint density at radius 1 is 1.13 bits per heavy atom. The minimum atomic E-state index is -0.0221. The van der Waals surface area contributed by atoms with Gasteiger partial charge in [0, 0.05) is 25.2 Å². The van der Waals surface area contributed by atoms with Gasteiger partial charge in [-0.2, -0.15) is 0 Å². The molecule has 0 aromatic heterocycles. The maximum absolute atomic E-state index is 12.1. The second-order valence-electron chi connectivity index (χ2n) is 8.14. The number of rotatable bonds is 5. The lowest BCUT2D eigenvalue weighted by Gasteiger charge is -2.48. The van der Waals surface area contributed by atoms with Crippen molar-refractivity contribution in [2.75, 3.05) is 26.7 Å². The van der Waals surface area contributed by atoms with E-state index in [1.807, 2.05) is 0 Å². The Labute approximate surface area is 141 Å². The SMILES string of the molecule is COC(=O)C1CC(NCC2CCCCC2)CN(C2CCC2C)C1. The molecule has 1 saturated heterocycles. The van der Waals surface area contributed by atoms with Gasteiger partial charge in [-0.3, -0.25) is 9.69 Å². The molecule has 0 bridgehead atoms. The van der Waals surface area contributed by atoms with E-state index in [4.69, 9.17) is 4.74 Å². The average molecular weight is 322 g/mol. The van der Waals surface area contributed by atoms with Crippen LogP contribution in [0.15, 0.2) is 0 Å². The minimum Gasteiger partial charge on any atom is -0.469 e. The number of nitrogens with one attached hydrogen (secondary N) is 1. The van der Waals surface area contributed by atoms with E-state index < -0.39 is 0 Å². The van der Waals surface area contributed by atoms with Crippen molar-refractivity contribution in [1.29, 1.82) is 0 Å². The van der Waals surface area contributed by atoms with Crippen LogP contribution in [-0.4, -0.2) is 49.7 Å². The number of carbonyl (C=O) groups is 1. The first-order valence-electron chi connectivity index (χ1n) is 9.72. The van der Waals surface area contributed by atoms with Gasteiger partial charge >= 0.3 is 5.97 Å². The summed E-state index contributed by atoms with van der Waals surface area (Å²) < 4.78 is 5.05. The van der Waals surface area contributed by atoms with Gasteiger partial charge in [-0.25, -0.2) is 0 Å². The summed E-state index contributed by atoms with van der Waals surface area (Å²) in [4.78, 5) is 14.7.